The summed E-state index contributed by atoms with van der Waals surface area (Å²) in [7, 11) is 0. The molecule has 0 radical (unpaired) electrons. The summed E-state index contributed by atoms with van der Waals surface area (Å²) in [6, 6.07) is 10.8. The Morgan fingerprint density at radius 2 is 2.04 bits per heavy atom. The first-order chi connectivity index (χ1) is 12.9. The van der Waals surface area contributed by atoms with Crippen molar-refractivity contribution >= 4 is 28.8 Å². The number of carbonyl (C=O) groups is 2. The van der Waals surface area contributed by atoms with Crippen molar-refractivity contribution in [2.75, 3.05) is 11.9 Å². The highest BCUT2D eigenvalue weighted by Crippen LogP contribution is 2.32. The highest BCUT2D eigenvalue weighted by Gasteiger charge is 2.36. The summed E-state index contributed by atoms with van der Waals surface area (Å²) in [5.41, 5.74) is -1.02. The number of furan rings is 1. The molecule has 0 aliphatic rings. The van der Waals surface area contributed by atoms with Gasteiger partial charge >= 0.3 is 11.8 Å². The molecule has 2 aromatic heterocycles. The van der Waals surface area contributed by atoms with Crippen LogP contribution in [0.2, 0.25) is 0 Å². The zero-order chi connectivity index (χ0) is 19.4. The predicted octanol–water partition coefficient (Wildman–Crippen LogP) is 2.78. The van der Waals surface area contributed by atoms with Gasteiger partial charge in [-0.15, -0.1) is 11.3 Å². The van der Waals surface area contributed by atoms with E-state index in [0.29, 0.717) is 10.4 Å². The third-order valence-corrected chi connectivity index (χ3v) is 5.02. The van der Waals surface area contributed by atoms with E-state index >= 15 is 0 Å². The normalized spacial score (nSPS) is 13.0. The van der Waals surface area contributed by atoms with E-state index in [9.17, 15) is 19.1 Å². The van der Waals surface area contributed by atoms with Gasteiger partial charge in [0, 0.05) is 10.6 Å². The maximum absolute atomic E-state index is 13.6. The minimum atomic E-state index is -1.61. The van der Waals surface area contributed by atoms with Gasteiger partial charge in [-0.2, -0.15) is 0 Å². The number of amides is 2. The van der Waals surface area contributed by atoms with Crippen molar-refractivity contribution < 1.29 is 23.5 Å². The van der Waals surface area contributed by atoms with E-state index in [1.54, 1.807) is 36.6 Å². The lowest BCUT2D eigenvalue weighted by molar-refractivity contribution is -0.136. The number of halogens is 1. The monoisotopic (exact) mass is 388 g/mol. The first-order valence-corrected chi connectivity index (χ1v) is 8.94. The molecular weight excluding hydrogens is 371 g/mol. The van der Waals surface area contributed by atoms with Crippen LogP contribution in [0.3, 0.4) is 0 Å². The molecule has 140 valence electrons. The Bertz CT molecular complexity index is 905. The van der Waals surface area contributed by atoms with Crippen LogP contribution < -0.4 is 10.6 Å². The van der Waals surface area contributed by atoms with Crippen LogP contribution in [0.1, 0.15) is 16.2 Å². The second-order valence-corrected chi connectivity index (χ2v) is 6.86. The van der Waals surface area contributed by atoms with Gasteiger partial charge in [0.25, 0.3) is 0 Å². The number of aryl methyl sites for hydroxylation is 1. The largest absolute Gasteiger partial charge is 0.466 e. The van der Waals surface area contributed by atoms with E-state index in [-0.39, 0.29) is 18.0 Å². The molecule has 2 heterocycles. The molecule has 0 aliphatic carbocycles. The van der Waals surface area contributed by atoms with Crippen molar-refractivity contribution in [2.45, 2.75) is 12.5 Å². The third kappa shape index (κ3) is 4.07. The molecule has 0 bridgehead atoms. The molecule has 6 nitrogen and oxygen atoms in total. The predicted molar refractivity (Wildman–Crippen MR) is 98.8 cm³/mol. The molecule has 3 aromatic rings. The topological polar surface area (TPSA) is 91.6 Å². The standard InChI is InChI=1S/C19H17FN2O4S/c1-12-6-7-13(10-14(12)20)22-18(24)17(23)21-11-19(25,15-4-2-8-26-15)16-5-3-9-27-16/h2-10,25H,11H2,1H3,(H,21,23)(H,22,24). The van der Waals surface area contributed by atoms with E-state index in [0.717, 1.165) is 6.07 Å². The second kappa shape index (κ2) is 7.73. The Labute approximate surface area is 158 Å². The van der Waals surface area contributed by atoms with Gasteiger partial charge in [0.05, 0.1) is 12.8 Å². The number of nitrogens with one attached hydrogen (secondary N) is 2. The van der Waals surface area contributed by atoms with Gasteiger partial charge in [0.1, 0.15) is 11.6 Å². The molecule has 0 saturated carbocycles. The number of benzene rings is 1. The molecule has 27 heavy (non-hydrogen) atoms. The van der Waals surface area contributed by atoms with Crippen molar-refractivity contribution in [3.05, 3.63) is 76.1 Å². The Morgan fingerprint density at radius 3 is 2.67 bits per heavy atom. The summed E-state index contributed by atoms with van der Waals surface area (Å²) < 4.78 is 18.9. The average molecular weight is 388 g/mol. The summed E-state index contributed by atoms with van der Waals surface area (Å²) in [6.07, 6.45) is 1.41. The van der Waals surface area contributed by atoms with Gasteiger partial charge in [0.15, 0.2) is 5.60 Å². The van der Waals surface area contributed by atoms with Gasteiger partial charge in [0.2, 0.25) is 0 Å². The van der Waals surface area contributed by atoms with E-state index in [2.05, 4.69) is 10.6 Å². The van der Waals surface area contributed by atoms with E-state index in [1.807, 2.05) is 0 Å². The number of anilines is 1. The van der Waals surface area contributed by atoms with Crippen LogP contribution in [0.5, 0.6) is 0 Å². The van der Waals surface area contributed by atoms with E-state index < -0.39 is 23.2 Å². The molecule has 1 unspecified atom stereocenters. The van der Waals surface area contributed by atoms with Crippen LogP contribution in [0, 0.1) is 12.7 Å². The number of aliphatic hydroxyl groups is 1. The smallest absolute Gasteiger partial charge is 0.313 e. The van der Waals surface area contributed by atoms with Crippen molar-refractivity contribution in [1.29, 1.82) is 0 Å². The molecule has 0 fully saturated rings. The molecular formula is C19H17FN2O4S. The van der Waals surface area contributed by atoms with Gasteiger partial charge in [-0.1, -0.05) is 12.1 Å². The number of carbonyl (C=O) groups excluding carboxylic acids is 2. The van der Waals surface area contributed by atoms with Crippen LogP contribution in [-0.4, -0.2) is 23.5 Å². The minimum absolute atomic E-state index is 0.165. The summed E-state index contributed by atoms with van der Waals surface area (Å²) in [5, 5.41) is 17.5. The molecule has 3 rings (SSSR count). The average Bonchev–Trinajstić information content (AvgIpc) is 3.36. The van der Waals surface area contributed by atoms with E-state index in [1.165, 1.54) is 29.7 Å². The van der Waals surface area contributed by atoms with Crippen molar-refractivity contribution in [3.8, 4) is 0 Å². The molecule has 2 amide bonds. The number of thiophene rings is 1. The van der Waals surface area contributed by atoms with Crippen LogP contribution >= 0.6 is 11.3 Å². The first kappa shape index (κ1) is 18.8. The number of hydrogen-bond acceptors (Lipinski definition) is 5. The molecule has 0 saturated heterocycles. The van der Waals surface area contributed by atoms with Crippen molar-refractivity contribution in [2.24, 2.45) is 0 Å². The van der Waals surface area contributed by atoms with Gasteiger partial charge < -0.3 is 20.2 Å². The molecule has 0 spiro atoms. The fourth-order valence-corrected chi connectivity index (χ4v) is 3.30. The third-order valence-electron chi connectivity index (χ3n) is 4.00. The minimum Gasteiger partial charge on any atom is -0.466 e. The van der Waals surface area contributed by atoms with Crippen LogP contribution in [-0.2, 0) is 15.2 Å². The molecule has 1 atom stereocenters. The maximum Gasteiger partial charge on any atom is 0.313 e. The second-order valence-electron chi connectivity index (χ2n) is 5.92. The molecule has 8 heteroatoms. The lowest BCUT2D eigenvalue weighted by Gasteiger charge is -2.25. The lowest BCUT2D eigenvalue weighted by Crippen LogP contribution is -2.44. The Balaban J connectivity index is 1.69. The summed E-state index contributed by atoms with van der Waals surface area (Å²) in [5.74, 6) is -2.17. The summed E-state index contributed by atoms with van der Waals surface area (Å²) in [4.78, 5) is 24.7. The summed E-state index contributed by atoms with van der Waals surface area (Å²) in [6.45, 7) is 1.32. The van der Waals surface area contributed by atoms with Crippen LogP contribution in [0.25, 0.3) is 0 Å². The van der Waals surface area contributed by atoms with Crippen LogP contribution in [0.4, 0.5) is 10.1 Å². The van der Waals surface area contributed by atoms with Crippen molar-refractivity contribution in [3.63, 3.8) is 0 Å². The Morgan fingerprint density at radius 1 is 1.22 bits per heavy atom. The maximum atomic E-state index is 13.6. The van der Waals surface area contributed by atoms with E-state index in [4.69, 9.17) is 4.42 Å². The van der Waals surface area contributed by atoms with Crippen molar-refractivity contribution in [1.82, 2.24) is 5.32 Å². The fourth-order valence-electron chi connectivity index (χ4n) is 2.47. The van der Waals surface area contributed by atoms with Crippen LogP contribution in [0.15, 0.2) is 58.5 Å². The molecule has 1 aromatic carbocycles. The van der Waals surface area contributed by atoms with Gasteiger partial charge in [-0.05, 0) is 48.2 Å². The number of hydrogen-bond donors (Lipinski definition) is 3. The number of rotatable bonds is 5. The Hall–Kier alpha value is -2.97. The van der Waals surface area contributed by atoms with Gasteiger partial charge in [-0.3, -0.25) is 9.59 Å². The highest BCUT2D eigenvalue weighted by molar-refractivity contribution is 7.10. The SMILES string of the molecule is Cc1ccc(NC(=O)C(=O)NCC(O)(c2ccco2)c2cccs2)cc1F. The first-order valence-electron chi connectivity index (χ1n) is 8.06. The zero-order valence-corrected chi connectivity index (χ0v) is 15.2. The van der Waals surface area contributed by atoms with Gasteiger partial charge in [-0.25, -0.2) is 4.39 Å². The fraction of sp³-hybridized carbons (Fsp3) is 0.158. The quantitative estimate of drug-likeness (QED) is 0.586. The Kier molecular flexibility index (Phi) is 5.38. The zero-order valence-electron chi connectivity index (χ0n) is 14.4. The molecule has 0 aliphatic heterocycles. The highest BCUT2D eigenvalue weighted by atomic mass is 32.1. The summed E-state index contributed by atoms with van der Waals surface area (Å²) >= 11 is 1.29. The lowest BCUT2D eigenvalue weighted by atomic mass is 9.98. The molecule has 3 N–H and O–H groups in total.